The second-order valence-electron chi connectivity index (χ2n) is 8.08. The Morgan fingerprint density at radius 1 is 1.23 bits per heavy atom. The summed E-state index contributed by atoms with van der Waals surface area (Å²) in [7, 11) is 1.46. The van der Waals surface area contributed by atoms with E-state index < -0.39 is 23.7 Å². The van der Waals surface area contributed by atoms with Gasteiger partial charge in [-0.25, -0.2) is 4.39 Å². The molecule has 0 aromatic heterocycles. The first-order valence-corrected chi connectivity index (χ1v) is 10.4. The van der Waals surface area contributed by atoms with E-state index in [-0.39, 0.29) is 30.7 Å². The molecule has 2 aromatic rings. The number of hydrogen-bond donors (Lipinski definition) is 1. The Hall–Kier alpha value is -3.22. The quantitative estimate of drug-likeness (QED) is 0.738. The maximum Gasteiger partial charge on any atom is 0.244 e. The van der Waals surface area contributed by atoms with Crippen molar-refractivity contribution in [3.8, 4) is 0 Å². The number of halogens is 1. The normalized spacial score (nSPS) is 18.0. The van der Waals surface area contributed by atoms with Crippen molar-refractivity contribution in [3.05, 3.63) is 65.5 Å². The first-order chi connectivity index (χ1) is 14.7. The van der Waals surface area contributed by atoms with Gasteiger partial charge >= 0.3 is 0 Å². The third kappa shape index (κ3) is 4.60. The van der Waals surface area contributed by atoms with Crippen molar-refractivity contribution in [1.82, 2.24) is 4.90 Å². The van der Waals surface area contributed by atoms with Gasteiger partial charge in [0, 0.05) is 25.7 Å². The number of anilines is 1. The van der Waals surface area contributed by atoms with Crippen molar-refractivity contribution in [2.75, 3.05) is 18.5 Å². The van der Waals surface area contributed by atoms with Gasteiger partial charge in [-0.1, -0.05) is 44.2 Å². The molecule has 1 aliphatic heterocycles. The zero-order valence-electron chi connectivity index (χ0n) is 18.0. The lowest BCUT2D eigenvalue weighted by molar-refractivity contribution is -0.141. The van der Waals surface area contributed by atoms with Crippen LogP contribution in [0.3, 0.4) is 0 Å². The summed E-state index contributed by atoms with van der Waals surface area (Å²) in [5.74, 6) is -2.13. The summed E-state index contributed by atoms with van der Waals surface area (Å²) < 4.78 is 13.7. The van der Waals surface area contributed by atoms with Crippen molar-refractivity contribution in [3.63, 3.8) is 0 Å². The minimum atomic E-state index is -1.11. The predicted molar refractivity (Wildman–Crippen MR) is 117 cm³/mol. The zero-order valence-corrected chi connectivity index (χ0v) is 18.0. The maximum atomic E-state index is 13.7. The van der Waals surface area contributed by atoms with Crippen molar-refractivity contribution < 1.29 is 18.8 Å². The smallest absolute Gasteiger partial charge is 0.244 e. The first kappa shape index (κ1) is 22.5. The van der Waals surface area contributed by atoms with Crippen LogP contribution in [-0.2, 0) is 14.4 Å². The fourth-order valence-electron chi connectivity index (χ4n) is 4.15. The summed E-state index contributed by atoms with van der Waals surface area (Å²) in [5, 5.41) is 0. The molecule has 0 aliphatic carbocycles. The first-order valence-electron chi connectivity index (χ1n) is 10.4. The third-order valence-corrected chi connectivity index (χ3v) is 6.01. The van der Waals surface area contributed by atoms with Gasteiger partial charge in [-0.3, -0.25) is 14.4 Å². The fourth-order valence-corrected chi connectivity index (χ4v) is 4.15. The number of para-hydroxylation sites is 1. The molecule has 0 spiro atoms. The standard InChI is InChI=1S/C24H28FN3O3/c1-4-15(2)19-10-5-6-11-20(19)28-14-17(13-21(28)29)24(31)27(3)22(23(26)30)16-8-7-9-18(25)12-16/h5-12,15,17,22H,4,13-14H2,1-3H3,(H2,26,30). The molecule has 3 amide bonds. The minimum Gasteiger partial charge on any atom is -0.368 e. The van der Waals surface area contributed by atoms with Crippen LogP contribution in [0.25, 0.3) is 0 Å². The second kappa shape index (κ2) is 9.29. The molecular formula is C24H28FN3O3. The molecule has 164 valence electrons. The number of carbonyl (C=O) groups excluding carboxylic acids is 3. The Balaban J connectivity index is 1.84. The van der Waals surface area contributed by atoms with E-state index in [0.717, 1.165) is 17.7 Å². The molecule has 3 unspecified atom stereocenters. The van der Waals surface area contributed by atoms with Crippen molar-refractivity contribution >= 4 is 23.4 Å². The molecule has 3 rings (SSSR count). The van der Waals surface area contributed by atoms with Crippen molar-refractivity contribution in [2.24, 2.45) is 11.7 Å². The van der Waals surface area contributed by atoms with Gasteiger partial charge in [-0.2, -0.15) is 0 Å². The Morgan fingerprint density at radius 2 is 1.94 bits per heavy atom. The van der Waals surface area contributed by atoms with Gasteiger partial charge in [0.25, 0.3) is 0 Å². The number of benzene rings is 2. The van der Waals surface area contributed by atoms with E-state index in [1.54, 1.807) is 11.0 Å². The molecule has 0 saturated carbocycles. The fraction of sp³-hybridized carbons (Fsp3) is 0.375. The summed E-state index contributed by atoms with van der Waals surface area (Å²) in [6, 6.07) is 12.1. The van der Waals surface area contributed by atoms with Crippen LogP contribution in [0.4, 0.5) is 10.1 Å². The lowest BCUT2D eigenvalue weighted by Gasteiger charge is -2.28. The molecule has 31 heavy (non-hydrogen) atoms. The van der Waals surface area contributed by atoms with Gasteiger partial charge in [0.15, 0.2) is 0 Å². The lowest BCUT2D eigenvalue weighted by Crippen LogP contribution is -2.42. The lowest BCUT2D eigenvalue weighted by atomic mass is 9.96. The third-order valence-electron chi connectivity index (χ3n) is 6.01. The highest BCUT2D eigenvalue weighted by molar-refractivity contribution is 6.01. The average molecular weight is 426 g/mol. The Morgan fingerprint density at radius 3 is 2.58 bits per heavy atom. The number of rotatable bonds is 7. The summed E-state index contributed by atoms with van der Waals surface area (Å²) in [6.45, 7) is 4.42. The summed E-state index contributed by atoms with van der Waals surface area (Å²) in [5.41, 5.74) is 7.72. The molecule has 6 nitrogen and oxygen atoms in total. The van der Waals surface area contributed by atoms with Crippen LogP contribution in [-0.4, -0.2) is 36.2 Å². The van der Waals surface area contributed by atoms with Gasteiger partial charge in [-0.15, -0.1) is 0 Å². The topological polar surface area (TPSA) is 83.7 Å². The molecule has 2 aromatic carbocycles. The van der Waals surface area contributed by atoms with E-state index in [2.05, 4.69) is 13.8 Å². The van der Waals surface area contributed by atoms with Crippen LogP contribution in [0, 0.1) is 11.7 Å². The van der Waals surface area contributed by atoms with Crippen molar-refractivity contribution in [2.45, 2.75) is 38.6 Å². The highest BCUT2D eigenvalue weighted by Gasteiger charge is 2.40. The Labute approximate surface area is 181 Å². The van der Waals surface area contributed by atoms with E-state index in [1.807, 2.05) is 24.3 Å². The number of carbonyl (C=O) groups is 3. The highest BCUT2D eigenvalue weighted by Crippen LogP contribution is 2.34. The SMILES string of the molecule is CCC(C)c1ccccc1N1CC(C(=O)N(C)C(C(N)=O)c2cccc(F)c2)CC1=O. The van der Waals surface area contributed by atoms with Gasteiger partial charge in [0.05, 0.1) is 5.92 Å². The summed E-state index contributed by atoms with van der Waals surface area (Å²) in [4.78, 5) is 41.0. The molecule has 2 N–H and O–H groups in total. The van der Waals surface area contributed by atoms with Crippen LogP contribution >= 0.6 is 0 Å². The van der Waals surface area contributed by atoms with E-state index in [0.29, 0.717) is 5.56 Å². The molecular weight excluding hydrogens is 397 g/mol. The number of hydrogen-bond acceptors (Lipinski definition) is 3. The summed E-state index contributed by atoms with van der Waals surface area (Å²) in [6.07, 6.45) is 0.977. The molecule has 0 radical (unpaired) electrons. The van der Waals surface area contributed by atoms with E-state index in [1.165, 1.54) is 30.1 Å². The maximum absolute atomic E-state index is 13.7. The minimum absolute atomic E-state index is 0.0483. The average Bonchev–Trinajstić information content (AvgIpc) is 3.13. The number of nitrogens with zero attached hydrogens (tertiary/aromatic N) is 2. The monoisotopic (exact) mass is 425 g/mol. The van der Waals surface area contributed by atoms with Crippen LogP contribution in [0.5, 0.6) is 0 Å². The zero-order chi connectivity index (χ0) is 22.7. The molecule has 1 saturated heterocycles. The molecule has 0 bridgehead atoms. The van der Waals surface area contributed by atoms with Crippen LogP contribution < -0.4 is 10.6 Å². The number of primary amides is 1. The Kier molecular flexibility index (Phi) is 6.73. The van der Waals surface area contributed by atoms with Gasteiger partial charge in [-0.05, 0) is 41.7 Å². The number of nitrogens with two attached hydrogens (primary N) is 1. The van der Waals surface area contributed by atoms with Gasteiger partial charge in [0.1, 0.15) is 11.9 Å². The van der Waals surface area contributed by atoms with E-state index in [9.17, 15) is 18.8 Å². The number of amides is 3. The summed E-state index contributed by atoms with van der Waals surface area (Å²) >= 11 is 0. The molecule has 1 aliphatic rings. The molecule has 3 atom stereocenters. The largest absolute Gasteiger partial charge is 0.368 e. The predicted octanol–water partition coefficient (Wildman–Crippen LogP) is 3.38. The second-order valence-corrected chi connectivity index (χ2v) is 8.08. The molecule has 7 heteroatoms. The van der Waals surface area contributed by atoms with E-state index in [4.69, 9.17) is 5.73 Å². The van der Waals surface area contributed by atoms with Crippen LogP contribution in [0.1, 0.15) is 49.8 Å². The van der Waals surface area contributed by atoms with Gasteiger partial charge < -0.3 is 15.5 Å². The Bertz CT molecular complexity index is 994. The number of likely N-dealkylation sites (N-methyl/N-ethyl adjacent to an activating group) is 1. The molecule has 1 heterocycles. The highest BCUT2D eigenvalue weighted by atomic mass is 19.1. The van der Waals surface area contributed by atoms with Crippen LogP contribution in [0.2, 0.25) is 0 Å². The van der Waals surface area contributed by atoms with Crippen molar-refractivity contribution in [1.29, 1.82) is 0 Å². The van der Waals surface area contributed by atoms with Crippen LogP contribution in [0.15, 0.2) is 48.5 Å². The van der Waals surface area contributed by atoms with Gasteiger partial charge in [0.2, 0.25) is 17.7 Å². The van der Waals surface area contributed by atoms with E-state index >= 15 is 0 Å². The molecule has 1 fully saturated rings.